The van der Waals surface area contributed by atoms with Crippen molar-refractivity contribution in [2.24, 2.45) is 0 Å². The zero-order valence-electron chi connectivity index (χ0n) is 12.9. The maximum atomic E-state index is 10.8. The Morgan fingerprint density at radius 3 is 2.43 bits per heavy atom. The van der Waals surface area contributed by atoms with Crippen LogP contribution in [-0.2, 0) is 4.57 Å². The molecule has 8 nitrogen and oxygen atoms in total. The molecular weight excluding hydrogens is 323 g/mol. The summed E-state index contributed by atoms with van der Waals surface area (Å²) in [6.45, 7) is 0.306. The highest BCUT2D eigenvalue weighted by molar-refractivity contribution is 7.51. The molecule has 0 spiro atoms. The monoisotopic (exact) mass is 342 g/mol. The first-order chi connectivity index (χ1) is 10.9. The van der Waals surface area contributed by atoms with Gasteiger partial charge < -0.3 is 24.0 Å². The number of fused-ring (bicyclic) bond motifs is 1. The van der Waals surface area contributed by atoms with Crippen LogP contribution in [-0.4, -0.2) is 46.7 Å². The number of benzene rings is 1. The van der Waals surface area contributed by atoms with Crippen LogP contribution in [0.5, 0.6) is 17.4 Å². The summed E-state index contributed by atoms with van der Waals surface area (Å²) in [5.74, 6) is 1.50. The Bertz CT molecular complexity index is 718. The number of nitrogens with zero attached hydrogens (tertiary/aromatic N) is 2. The molecule has 0 saturated carbocycles. The molecule has 1 aromatic heterocycles. The third kappa shape index (κ3) is 4.79. The molecule has 9 heteroatoms. The molecular formula is C14H19N2O6P. The molecule has 2 N–H and O–H groups in total. The lowest BCUT2D eigenvalue weighted by atomic mass is 10.2. The molecule has 0 amide bonds. The fourth-order valence-electron chi connectivity index (χ4n) is 2.06. The maximum Gasteiger partial charge on any atom is 0.325 e. The first-order valence-corrected chi connectivity index (χ1v) is 8.78. The smallest absolute Gasteiger partial charge is 0.325 e. The van der Waals surface area contributed by atoms with E-state index in [1.165, 1.54) is 13.4 Å². The Morgan fingerprint density at radius 2 is 1.78 bits per heavy atom. The van der Waals surface area contributed by atoms with Crippen molar-refractivity contribution in [3.8, 4) is 17.4 Å². The van der Waals surface area contributed by atoms with Crippen molar-refractivity contribution in [1.29, 1.82) is 0 Å². The van der Waals surface area contributed by atoms with E-state index >= 15 is 0 Å². The van der Waals surface area contributed by atoms with E-state index < -0.39 is 7.60 Å². The van der Waals surface area contributed by atoms with E-state index in [-0.39, 0.29) is 6.16 Å². The Balaban J connectivity index is 2.10. The van der Waals surface area contributed by atoms with Crippen molar-refractivity contribution in [3.05, 3.63) is 18.5 Å². The van der Waals surface area contributed by atoms with Crippen LogP contribution in [0.4, 0.5) is 0 Å². The molecule has 2 rings (SSSR count). The highest BCUT2D eigenvalue weighted by atomic mass is 31.2. The van der Waals surface area contributed by atoms with E-state index in [9.17, 15) is 4.57 Å². The molecule has 0 atom stereocenters. The van der Waals surface area contributed by atoms with Gasteiger partial charge in [0.2, 0.25) is 5.88 Å². The normalized spacial score (nSPS) is 11.5. The number of aromatic nitrogens is 2. The SMILES string of the molecule is COc1cc2ncnc(OCCCCP(=O)(O)O)c2cc1OC. The minimum absolute atomic E-state index is 0.147. The van der Waals surface area contributed by atoms with Crippen molar-refractivity contribution in [3.63, 3.8) is 0 Å². The van der Waals surface area contributed by atoms with Crippen molar-refractivity contribution in [2.45, 2.75) is 12.8 Å². The van der Waals surface area contributed by atoms with Gasteiger partial charge in [-0.15, -0.1) is 0 Å². The van der Waals surface area contributed by atoms with Crippen LogP contribution < -0.4 is 14.2 Å². The summed E-state index contributed by atoms with van der Waals surface area (Å²) < 4.78 is 26.9. The zero-order valence-corrected chi connectivity index (χ0v) is 13.8. The third-order valence-electron chi connectivity index (χ3n) is 3.19. The lowest BCUT2D eigenvalue weighted by molar-refractivity contribution is 0.299. The second-order valence-corrected chi connectivity index (χ2v) is 6.62. The van der Waals surface area contributed by atoms with Crippen LogP contribution in [0.1, 0.15) is 12.8 Å². The van der Waals surface area contributed by atoms with Gasteiger partial charge in [-0.25, -0.2) is 9.97 Å². The van der Waals surface area contributed by atoms with Gasteiger partial charge in [-0.2, -0.15) is 0 Å². The molecule has 0 saturated heterocycles. The fraction of sp³-hybridized carbons (Fsp3) is 0.429. The number of methoxy groups -OCH3 is 2. The van der Waals surface area contributed by atoms with Gasteiger partial charge in [0, 0.05) is 12.2 Å². The van der Waals surface area contributed by atoms with Crippen LogP contribution in [0, 0.1) is 0 Å². The molecule has 0 unspecified atom stereocenters. The lowest BCUT2D eigenvalue weighted by Crippen LogP contribution is -2.02. The predicted molar refractivity (Wildman–Crippen MR) is 84.3 cm³/mol. The molecule has 2 aromatic rings. The van der Waals surface area contributed by atoms with Gasteiger partial charge in [0.25, 0.3) is 0 Å². The maximum absolute atomic E-state index is 10.8. The first-order valence-electron chi connectivity index (χ1n) is 6.98. The standard InChI is InChI=1S/C14H19N2O6P/c1-20-12-7-10-11(8-13(12)21-2)15-9-16-14(10)22-5-3-4-6-23(17,18)19/h7-9H,3-6H2,1-2H3,(H2,17,18,19). The molecule has 0 aliphatic carbocycles. The quantitative estimate of drug-likeness (QED) is 0.553. The number of unbranched alkanes of at least 4 members (excludes halogenated alkanes) is 1. The van der Waals surface area contributed by atoms with Crippen molar-refractivity contribution < 1.29 is 28.6 Å². The average molecular weight is 342 g/mol. The van der Waals surface area contributed by atoms with Crippen molar-refractivity contribution in [2.75, 3.05) is 27.0 Å². The summed E-state index contributed by atoms with van der Waals surface area (Å²) in [5.41, 5.74) is 0.655. The van der Waals surface area contributed by atoms with E-state index in [0.717, 1.165) is 0 Å². The average Bonchev–Trinajstić information content (AvgIpc) is 2.52. The van der Waals surface area contributed by atoms with Gasteiger partial charge in [-0.05, 0) is 18.9 Å². The van der Waals surface area contributed by atoms with Crippen molar-refractivity contribution in [1.82, 2.24) is 9.97 Å². The van der Waals surface area contributed by atoms with Gasteiger partial charge in [0.05, 0.1) is 31.7 Å². The Labute approximate surface area is 133 Å². The Morgan fingerprint density at radius 1 is 1.09 bits per heavy atom. The molecule has 23 heavy (non-hydrogen) atoms. The topological polar surface area (TPSA) is 111 Å². The molecule has 0 aliphatic rings. The van der Waals surface area contributed by atoms with E-state index in [0.29, 0.717) is 47.7 Å². The minimum atomic E-state index is -3.95. The second kappa shape index (κ2) is 7.59. The Kier molecular flexibility index (Phi) is 5.76. The summed E-state index contributed by atoms with van der Waals surface area (Å²) in [5, 5.41) is 0.681. The summed E-state index contributed by atoms with van der Waals surface area (Å²) in [7, 11) is -0.866. The number of hydrogen-bond donors (Lipinski definition) is 2. The molecule has 1 aromatic carbocycles. The number of ether oxygens (including phenoxy) is 3. The van der Waals surface area contributed by atoms with Gasteiger partial charge in [0.1, 0.15) is 6.33 Å². The predicted octanol–water partition coefficient (Wildman–Crippen LogP) is 1.98. The van der Waals surface area contributed by atoms with Crippen LogP contribution in [0.2, 0.25) is 0 Å². The summed E-state index contributed by atoms with van der Waals surface area (Å²) >= 11 is 0. The molecule has 1 heterocycles. The molecule has 126 valence electrons. The van der Waals surface area contributed by atoms with E-state index in [1.54, 1.807) is 19.2 Å². The number of hydrogen-bond acceptors (Lipinski definition) is 6. The van der Waals surface area contributed by atoms with Crippen molar-refractivity contribution >= 4 is 18.5 Å². The van der Waals surface area contributed by atoms with Crippen LogP contribution in [0.15, 0.2) is 18.5 Å². The summed E-state index contributed by atoms with van der Waals surface area (Å²) in [4.78, 5) is 25.9. The van der Waals surface area contributed by atoms with Gasteiger partial charge in [0.15, 0.2) is 11.5 Å². The van der Waals surface area contributed by atoms with E-state index in [2.05, 4.69) is 9.97 Å². The third-order valence-corrected chi connectivity index (χ3v) is 4.09. The highest BCUT2D eigenvalue weighted by Gasteiger charge is 2.13. The first kappa shape index (κ1) is 17.5. The zero-order chi connectivity index (χ0) is 16.9. The summed E-state index contributed by atoms with van der Waals surface area (Å²) in [6.07, 6.45) is 2.14. The van der Waals surface area contributed by atoms with Crippen LogP contribution in [0.25, 0.3) is 10.9 Å². The number of rotatable bonds is 8. The van der Waals surface area contributed by atoms with Crippen LogP contribution in [0.3, 0.4) is 0 Å². The Hall–Kier alpha value is -1.89. The molecule has 0 aliphatic heterocycles. The van der Waals surface area contributed by atoms with E-state index in [1.807, 2.05) is 0 Å². The summed E-state index contributed by atoms with van der Waals surface area (Å²) in [6, 6.07) is 3.47. The highest BCUT2D eigenvalue weighted by Crippen LogP contribution is 2.36. The largest absolute Gasteiger partial charge is 0.493 e. The molecule has 0 radical (unpaired) electrons. The fourth-order valence-corrected chi connectivity index (χ4v) is 2.70. The molecule has 0 bridgehead atoms. The van der Waals surface area contributed by atoms with Gasteiger partial charge in [-0.3, -0.25) is 4.57 Å². The van der Waals surface area contributed by atoms with Crippen LogP contribution >= 0.6 is 7.60 Å². The van der Waals surface area contributed by atoms with Gasteiger partial charge >= 0.3 is 7.60 Å². The minimum Gasteiger partial charge on any atom is -0.493 e. The lowest BCUT2D eigenvalue weighted by Gasteiger charge is -2.11. The second-order valence-electron chi connectivity index (χ2n) is 4.85. The molecule has 0 fully saturated rings. The van der Waals surface area contributed by atoms with E-state index in [4.69, 9.17) is 24.0 Å². The van der Waals surface area contributed by atoms with Gasteiger partial charge in [-0.1, -0.05) is 0 Å².